The van der Waals surface area contributed by atoms with E-state index < -0.39 is 6.04 Å². The van der Waals surface area contributed by atoms with Gasteiger partial charge in [0.25, 0.3) is 0 Å². The predicted octanol–water partition coefficient (Wildman–Crippen LogP) is 2.70. The lowest BCUT2D eigenvalue weighted by Gasteiger charge is -2.05. The zero-order chi connectivity index (χ0) is 14.3. The highest BCUT2D eigenvalue weighted by Crippen LogP contribution is 2.25. The van der Waals surface area contributed by atoms with E-state index in [0.29, 0.717) is 16.2 Å². The van der Waals surface area contributed by atoms with E-state index >= 15 is 0 Å². The summed E-state index contributed by atoms with van der Waals surface area (Å²) in [5.41, 5.74) is 7.20. The summed E-state index contributed by atoms with van der Waals surface area (Å²) in [6, 6.07) is 6.04. The van der Waals surface area contributed by atoms with Crippen LogP contribution in [0.15, 0.2) is 41.1 Å². The fourth-order valence-corrected chi connectivity index (χ4v) is 2.22. The van der Waals surface area contributed by atoms with Crippen molar-refractivity contribution in [2.24, 2.45) is 12.8 Å². The summed E-state index contributed by atoms with van der Waals surface area (Å²) in [5, 5.41) is 5.37. The molecule has 0 aliphatic heterocycles. The van der Waals surface area contributed by atoms with E-state index in [1.54, 1.807) is 48.4 Å². The number of furan rings is 1. The Hall–Kier alpha value is -2.11. The average Bonchev–Trinajstić information content (AvgIpc) is 3.02. The lowest BCUT2D eigenvalue weighted by Crippen LogP contribution is -2.20. The lowest BCUT2D eigenvalue weighted by atomic mass is 10.1. The second-order valence-corrected chi connectivity index (χ2v) is 5.02. The molecule has 5 nitrogen and oxygen atoms in total. The van der Waals surface area contributed by atoms with Crippen molar-refractivity contribution in [2.45, 2.75) is 6.04 Å². The quantitative estimate of drug-likeness (QED) is 0.752. The summed E-state index contributed by atoms with van der Waals surface area (Å²) in [5.74, 6) is -0.0658. The third kappa shape index (κ3) is 2.21. The van der Waals surface area contributed by atoms with Gasteiger partial charge in [-0.05, 0) is 24.3 Å². The maximum Gasteiger partial charge on any atom is 0.219 e. The van der Waals surface area contributed by atoms with E-state index in [1.807, 2.05) is 0 Å². The molecule has 20 heavy (non-hydrogen) atoms. The number of halogens is 1. The van der Waals surface area contributed by atoms with E-state index in [1.165, 1.54) is 0 Å². The number of ketones is 1. The van der Waals surface area contributed by atoms with Gasteiger partial charge in [0.05, 0.1) is 6.20 Å². The summed E-state index contributed by atoms with van der Waals surface area (Å²) in [6.07, 6.45) is 3.28. The first-order chi connectivity index (χ1) is 9.54. The molecule has 0 amide bonds. The van der Waals surface area contributed by atoms with Crippen molar-refractivity contribution in [1.82, 2.24) is 9.78 Å². The standard InChI is InChI=1S/C14H12ClN3O2/c1-18-7-9(6-17-18)13(16)14(19)12-5-8-4-10(15)2-3-11(8)20-12/h2-7,13H,16H2,1H3. The van der Waals surface area contributed by atoms with E-state index in [0.717, 1.165) is 5.39 Å². The number of nitrogens with zero attached hydrogens (tertiary/aromatic N) is 2. The number of hydrogen-bond donors (Lipinski definition) is 1. The third-order valence-corrected chi connectivity index (χ3v) is 3.32. The zero-order valence-corrected chi connectivity index (χ0v) is 11.5. The van der Waals surface area contributed by atoms with Crippen LogP contribution in [0, 0.1) is 0 Å². The Morgan fingerprint density at radius 3 is 2.95 bits per heavy atom. The number of carbonyl (C=O) groups excluding carboxylic acids is 1. The first-order valence-electron chi connectivity index (χ1n) is 6.02. The van der Waals surface area contributed by atoms with Gasteiger partial charge >= 0.3 is 0 Å². The molecule has 3 rings (SSSR count). The monoisotopic (exact) mass is 289 g/mol. The van der Waals surface area contributed by atoms with Crippen LogP contribution >= 0.6 is 11.6 Å². The minimum absolute atomic E-state index is 0.221. The van der Waals surface area contributed by atoms with Gasteiger partial charge in [0, 0.05) is 29.2 Å². The number of carbonyl (C=O) groups is 1. The topological polar surface area (TPSA) is 74.0 Å². The maximum absolute atomic E-state index is 12.3. The van der Waals surface area contributed by atoms with Gasteiger partial charge in [0.15, 0.2) is 5.76 Å². The van der Waals surface area contributed by atoms with Crippen LogP contribution in [-0.4, -0.2) is 15.6 Å². The van der Waals surface area contributed by atoms with E-state index in [9.17, 15) is 4.79 Å². The molecule has 0 aliphatic carbocycles. The van der Waals surface area contributed by atoms with Gasteiger partial charge in [0.1, 0.15) is 11.6 Å². The molecule has 2 heterocycles. The minimum Gasteiger partial charge on any atom is -0.453 e. The molecule has 0 aliphatic rings. The van der Waals surface area contributed by atoms with Crippen LogP contribution in [0.1, 0.15) is 22.2 Å². The van der Waals surface area contributed by atoms with Crippen molar-refractivity contribution in [1.29, 1.82) is 0 Å². The first kappa shape index (κ1) is 12.9. The zero-order valence-electron chi connectivity index (χ0n) is 10.7. The number of fused-ring (bicyclic) bond motifs is 1. The molecule has 2 N–H and O–H groups in total. The molecule has 0 saturated carbocycles. The fraction of sp³-hybridized carbons (Fsp3) is 0.143. The van der Waals surface area contributed by atoms with Crippen LogP contribution in [0.5, 0.6) is 0 Å². The van der Waals surface area contributed by atoms with Crippen molar-refractivity contribution in [3.05, 3.63) is 53.0 Å². The maximum atomic E-state index is 12.3. The van der Waals surface area contributed by atoms with Crippen molar-refractivity contribution in [2.75, 3.05) is 0 Å². The van der Waals surface area contributed by atoms with Gasteiger partial charge < -0.3 is 10.2 Å². The van der Waals surface area contributed by atoms with Crippen LogP contribution < -0.4 is 5.73 Å². The number of aromatic nitrogens is 2. The highest BCUT2D eigenvalue weighted by Gasteiger charge is 2.22. The SMILES string of the molecule is Cn1cc(C(N)C(=O)c2cc3cc(Cl)ccc3o2)cn1. The van der Waals surface area contributed by atoms with Crippen molar-refractivity contribution < 1.29 is 9.21 Å². The lowest BCUT2D eigenvalue weighted by molar-refractivity contribution is 0.0936. The molecule has 0 bridgehead atoms. The molecule has 2 aromatic heterocycles. The normalized spacial score (nSPS) is 12.8. The van der Waals surface area contributed by atoms with Gasteiger partial charge in [-0.3, -0.25) is 9.48 Å². The minimum atomic E-state index is -0.792. The number of nitrogens with two attached hydrogens (primary N) is 1. The van der Waals surface area contributed by atoms with Crippen molar-refractivity contribution in [3.8, 4) is 0 Å². The first-order valence-corrected chi connectivity index (χ1v) is 6.40. The third-order valence-electron chi connectivity index (χ3n) is 3.09. The molecule has 1 atom stereocenters. The van der Waals surface area contributed by atoms with E-state index in [4.69, 9.17) is 21.8 Å². The Kier molecular flexibility index (Phi) is 3.08. The summed E-state index contributed by atoms with van der Waals surface area (Å²) >= 11 is 5.91. The van der Waals surface area contributed by atoms with Crippen molar-refractivity contribution in [3.63, 3.8) is 0 Å². The van der Waals surface area contributed by atoms with Crippen LogP contribution in [-0.2, 0) is 7.05 Å². The second kappa shape index (κ2) is 4.77. The van der Waals surface area contributed by atoms with Crippen molar-refractivity contribution >= 4 is 28.4 Å². The Labute approximate surface area is 119 Å². The number of benzene rings is 1. The molecule has 0 saturated heterocycles. The molecule has 102 valence electrons. The molecule has 0 fully saturated rings. The highest BCUT2D eigenvalue weighted by atomic mass is 35.5. The molecule has 0 spiro atoms. The average molecular weight is 290 g/mol. The Morgan fingerprint density at radius 1 is 1.45 bits per heavy atom. The second-order valence-electron chi connectivity index (χ2n) is 4.58. The summed E-state index contributed by atoms with van der Waals surface area (Å²) in [7, 11) is 1.77. The Balaban J connectivity index is 1.95. The highest BCUT2D eigenvalue weighted by molar-refractivity contribution is 6.31. The molecular weight excluding hydrogens is 278 g/mol. The summed E-state index contributed by atoms with van der Waals surface area (Å²) in [4.78, 5) is 12.3. The smallest absolute Gasteiger partial charge is 0.219 e. The molecule has 1 aromatic carbocycles. The van der Waals surface area contributed by atoms with Gasteiger partial charge in [0.2, 0.25) is 5.78 Å². The predicted molar refractivity (Wildman–Crippen MR) is 75.7 cm³/mol. The van der Waals surface area contributed by atoms with Crippen LogP contribution in [0.3, 0.4) is 0 Å². The number of hydrogen-bond acceptors (Lipinski definition) is 4. The summed E-state index contributed by atoms with van der Waals surface area (Å²) < 4.78 is 7.12. The largest absolute Gasteiger partial charge is 0.453 e. The van der Waals surface area contributed by atoms with Gasteiger partial charge in [-0.2, -0.15) is 5.10 Å². The Morgan fingerprint density at radius 2 is 2.25 bits per heavy atom. The Bertz CT molecular complexity index is 791. The fourth-order valence-electron chi connectivity index (χ4n) is 2.04. The molecular formula is C14H12ClN3O2. The summed E-state index contributed by atoms with van der Waals surface area (Å²) in [6.45, 7) is 0. The number of aryl methyl sites for hydroxylation is 1. The van der Waals surface area contributed by atoms with E-state index in [-0.39, 0.29) is 11.5 Å². The molecule has 6 heteroatoms. The van der Waals surface area contributed by atoms with Gasteiger partial charge in [-0.25, -0.2) is 0 Å². The van der Waals surface area contributed by atoms with Crippen LogP contribution in [0.4, 0.5) is 0 Å². The number of rotatable bonds is 3. The van der Waals surface area contributed by atoms with Gasteiger partial charge in [-0.1, -0.05) is 11.6 Å². The van der Waals surface area contributed by atoms with Gasteiger partial charge in [-0.15, -0.1) is 0 Å². The van der Waals surface area contributed by atoms with E-state index in [2.05, 4.69) is 5.10 Å². The molecule has 3 aromatic rings. The molecule has 1 unspecified atom stereocenters. The van der Waals surface area contributed by atoms with Crippen LogP contribution in [0.2, 0.25) is 5.02 Å². The molecule has 0 radical (unpaired) electrons. The van der Waals surface area contributed by atoms with Crippen LogP contribution in [0.25, 0.3) is 11.0 Å². The number of Topliss-reactive ketones (excluding diaryl/α,β-unsaturated/α-hetero) is 1.